The highest BCUT2D eigenvalue weighted by atomic mass is 32.2. The summed E-state index contributed by atoms with van der Waals surface area (Å²) in [6.45, 7) is 4.85. The van der Waals surface area contributed by atoms with Gasteiger partial charge in [0, 0.05) is 41.1 Å². The Hall–Kier alpha value is -2.74. The zero-order chi connectivity index (χ0) is 20.1. The van der Waals surface area contributed by atoms with Crippen molar-refractivity contribution in [3.63, 3.8) is 0 Å². The molecule has 0 saturated heterocycles. The number of nitro benzene ring substituents is 1. The van der Waals surface area contributed by atoms with Gasteiger partial charge in [-0.1, -0.05) is 0 Å². The average Bonchev–Trinajstić information content (AvgIpc) is 3.03. The van der Waals surface area contributed by atoms with Gasteiger partial charge in [-0.25, -0.2) is 0 Å². The van der Waals surface area contributed by atoms with Crippen LogP contribution in [0.3, 0.4) is 0 Å². The Balaban J connectivity index is 1.56. The molecule has 3 rings (SSSR count). The van der Waals surface area contributed by atoms with Crippen molar-refractivity contribution < 1.29 is 19.2 Å². The zero-order valence-corrected chi connectivity index (χ0v) is 16.6. The minimum Gasteiger partial charge on any atom is -0.494 e. The molecular formula is C20H22N2O5S. The highest BCUT2D eigenvalue weighted by Crippen LogP contribution is 2.35. The monoisotopic (exact) mass is 402 g/mol. The van der Waals surface area contributed by atoms with Gasteiger partial charge in [0.05, 0.1) is 17.3 Å². The number of nitro groups is 1. The lowest BCUT2D eigenvalue weighted by Gasteiger charge is -2.13. The lowest BCUT2D eigenvalue weighted by atomic mass is 10.1. The van der Waals surface area contributed by atoms with Crippen LogP contribution >= 0.6 is 11.8 Å². The summed E-state index contributed by atoms with van der Waals surface area (Å²) in [5.74, 6) is 1.71. The Bertz CT molecular complexity index is 870. The predicted octanol–water partition coefficient (Wildman–Crippen LogP) is 3.73. The molecule has 1 amide bonds. The van der Waals surface area contributed by atoms with Crippen molar-refractivity contribution in [1.82, 2.24) is 5.32 Å². The maximum atomic E-state index is 12.2. The summed E-state index contributed by atoms with van der Waals surface area (Å²) in [7, 11) is 0. The summed E-state index contributed by atoms with van der Waals surface area (Å²) in [5.41, 5.74) is 2.04. The number of nitrogens with zero attached hydrogens (tertiary/aromatic N) is 1. The van der Waals surface area contributed by atoms with Crippen molar-refractivity contribution in [2.75, 3.05) is 12.4 Å². The SMILES string of the molecule is CCOc1cc2c(cc1CNC(=O)CSc1ccc([N+](=O)[O-])cc1)O[C@H](C)C2. The Morgan fingerprint density at radius 3 is 2.79 bits per heavy atom. The fraction of sp³-hybridized carbons (Fsp3) is 0.350. The number of hydrogen-bond acceptors (Lipinski definition) is 6. The van der Waals surface area contributed by atoms with Gasteiger partial charge in [0.25, 0.3) is 5.69 Å². The highest BCUT2D eigenvalue weighted by Gasteiger charge is 2.22. The van der Waals surface area contributed by atoms with E-state index < -0.39 is 4.92 Å². The molecule has 1 N–H and O–H groups in total. The fourth-order valence-electron chi connectivity index (χ4n) is 2.97. The number of benzene rings is 2. The molecule has 1 aliphatic heterocycles. The summed E-state index contributed by atoms with van der Waals surface area (Å²) in [6, 6.07) is 10.1. The lowest BCUT2D eigenvalue weighted by Crippen LogP contribution is -2.24. The van der Waals surface area contributed by atoms with Crippen molar-refractivity contribution in [3.8, 4) is 11.5 Å². The molecule has 0 saturated carbocycles. The van der Waals surface area contributed by atoms with Crippen molar-refractivity contribution >= 4 is 23.4 Å². The molecule has 28 heavy (non-hydrogen) atoms. The van der Waals surface area contributed by atoms with E-state index in [-0.39, 0.29) is 23.5 Å². The van der Waals surface area contributed by atoms with Gasteiger partial charge in [-0.2, -0.15) is 0 Å². The van der Waals surface area contributed by atoms with E-state index in [0.717, 1.165) is 33.9 Å². The number of thioether (sulfide) groups is 1. The maximum absolute atomic E-state index is 12.2. The summed E-state index contributed by atoms with van der Waals surface area (Å²) in [6.07, 6.45) is 1.00. The summed E-state index contributed by atoms with van der Waals surface area (Å²) in [4.78, 5) is 23.2. The first kappa shape index (κ1) is 20.0. The van der Waals surface area contributed by atoms with E-state index in [2.05, 4.69) is 5.32 Å². The molecule has 0 aliphatic carbocycles. The van der Waals surface area contributed by atoms with Crippen LogP contribution in [0.1, 0.15) is 25.0 Å². The molecule has 2 aromatic carbocycles. The smallest absolute Gasteiger partial charge is 0.269 e. The first-order chi connectivity index (χ1) is 13.5. The third-order valence-corrected chi connectivity index (χ3v) is 5.28. The molecule has 0 unspecified atom stereocenters. The molecule has 2 aromatic rings. The van der Waals surface area contributed by atoms with Crippen molar-refractivity contribution in [2.45, 2.75) is 37.8 Å². The fourth-order valence-corrected chi connectivity index (χ4v) is 3.70. The second kappa shape index (κ2) is 8.97. The van der Waals surface area contributed by atoms with Gasteiger partial charge in [0.15, 0.2) is 0 Å². The van der Waals surface area contributed by atoms with E-state index in [4.69, 9.17) is 9.47 Å². The predicted molar refractivity (Wildman–Crippen MR) is 107 cm³/mol. The Morgan fingerprint density at radius 2 is 2.11 bits per heavy atom. The van der Waals surface area contributed by atoms with Crippen LogP contribution in [-0.2, 0) is 17.8 Å². The molecule has 148 valence electrons. The van der Waals surface area contributed by atoms with Crippen LogP contribution in [0.25, 0.3) is 0 Å². The minimum absolute atomic E-state index is 0.0328. The third-order valence-electron chi connectivity index (χ3n) is 4.27. The van der Waals surface area contributed by atoms with Crippen LogP contribution in [-0.4, -0.2) is 29.3 Å². The quantitative estimate of drug-likeness (QED) is 0.411. The number of rotatable bonds is 8. The Kier molecular flexibility index (Phi) is 6.41. The lowest BCUT2D eigenvalue weighted by molar-refractivity contribution is -0.384. The largest absolute Gasteiger partial charge is 0.494 e. The van der Waals surface area contributed by atoms with Gasteiger partial charge in [-0.05, 0) is 38.1 Å². The zero-order valence-electron chi connectivity index (χ0n) is 15.8. The first-order valence-corrected chi connectivity index (χ1v) is 10.0. The molecule has 1 heterocycles. The normalized spacial score (nSPS) is 14.9. The first-order valence-electron chi connectivity index (χ1n) is 9.05. The standard InChI is InChI=1S/C20H22N2O5S/c1-3-26-18-9-14-8-13(2)27-19(14)10-15(18)11-21-20(23)12-28-17-6-4-16(5-7-17)22(24)25/h4-7,9-10,13H,3,8,11-12H2,1-2H3,(H,21,23)/t13-/m1/s1. The summed E-state index contributed by atoms with van der Waals surface area (Å²) < 4.78 is 11.5. The number of hydrogen-bond donors (Lipinski definition) is 1. The Labute approximate surface area is 167 Å². The topological polar surface area (TPSA) is 90.7 Å². The van der Waals surface area contributed by atoms with Crippen LogP contribution in [0.5, 0.6) is 11.5 Å². The van der Waals surface area contributed by atoms with Crippen LogP contribution < -0.4 is 14.8 Å². The Morgan fingerprint density at radius 1 is 1.36 bits per heavy atom. The second-order valence-corrected chi connectivity index (χ2v) is 7.50. The second-order valence-electron chi connectivity index (χ2n) is 6.45. The number of non-ortho nitro benzene ring substituents is 1. The molecule has 0 spiro atoms. The molecule has 0 fully saturated rings. The number of carbonyl (C=O) groups excluding carboxylic acids is 1. The highest BCUT2D eigenvalue weighted by molar-refractivity contribution is 8.00. The molecule has 8 heteroatoms. The number of amides is 1. The van der Waals surface area contributed by atoms with Crippen molar-refractivity contribution in [3.05, 3.63) is 57.6 Å². The van der Waals surface area contributed by atoms with Crippen LogP contribution in [0.15, 0.2) is 41.3 Å². The van der Waals surface area contributed by atoms with Crippen molar-refractivity contribution in [2.24, 2.45) is 0 Å². The molecule has 7 nitrogen and oxygen atoms in total. The van der Waals surface area contributed by atoms with E-state index in [0.29, 0.717) is 13.2 Å². The number of ether oxygens (including phenoxy) is 2. The average molecular weight is 402 g/mol. The number of carbonyl (C=O) groups is 1. The van der Waals surface area contributed by atoms with E-state index in [1.54, 1.807) is 12.1 Å². The van der Waals surface area contributed by atoms with E-state index in [1.165, 1.54) is 23.9 Å². The van der Waals surface area contributed by atoms with E-state index >= 15 is 0 Å². The van der Waals surface area contributed by atoms with Gasteiger partial charge in [-0.3, -0.25) is 14.9 Å². The van der Waals surface area contributed by atoms with Crippen LogP contribution in [0, 0.1) is 10.1 Å². The number of fused-ring (bicyclic) bond motifs is 1. The van der Waals surface area contributed by atoms with Gasteiger partial charge in [0.2, 0.25) is 5.91 Å². The molecule has 0 radical (unpaired) electrons. The minimum atomic E-state index is -0.446. The third kappa shape index (κ3) is 4.95. The van der Waals surface area contributed by atoms with E-state index in [1.807, 2.05) is 26.0 Å². The van der Waals surface area contributed by atoms with Crippen LogP contribution in [0.2, 0.25) is 0 Å². The van der Waals surface area contributed by atoms with Gasteiger partial charge in [-0.15, -0.1) is 11.8 Å². The molecule has 0 bridgehead atoms. The van der Waals surface area contributed by atoms with Gasteiger partial charge >= 0.3 is 0 Å². The van der Waals surface area contributed by atoms with Crippen molar-refractivity contribution in [1.29, 1.82) is 0 Å². The maximum Gasteiger partial charge on any atom is 0.269 e. The molecule has 0 aromatic heterocycles. The summed E-state index contributed by atoms with van der Waals surface area (Å²) >= 11 is 1.33. The molecule has 1 atom stereocenters. The number of nitrogens with one attached hydrogen (secondary N) is 1. The van der Waals surface area contributed by atoms with Crippen LogP contribution in [0.4, 0.5) is 5.69 Å². The van der Waals surface area contributed by atoms with Gasteiger partial charge in [0.1, 0.15) is 17.6 Å². The van der Waals surface area contributed by atoms with E-state index in [9.17, 15) is 14.9 Å². The molecular weight excluding hydrogens is 380 g/mol. The molecule has 1 aliphatic rings. The van der Waals surface area contributed by atoms with Gasteiger partial charge < -0.3 is 14.8 Å². The summed E-state index contributed by atoms with van der Waals surface area (Å²) in [5, 5.41) is 13.6.